The molecule has 0 saturated carbocycles. The fourth-order valence-electron chi connectivity index (χ4n) is 3.41. The maximum atomic E-state index is 13.2. The van der Waals surface area contributed by atoms with Crippen LogP contribution in [0.5, 0.6) is 5.75 Å². The molecule has 0 spiro atoms. The largest absolute Gasteiger partial charge is 0.496 e. The molecule has 0 bridgehead atoms. The number of nitrogens with zero attached hydrogens (tertiary/aromatic N) is 4. The number of piperazine rings is 1. The molecule has 1 aliphatic rings. The number of aryl methyl sites for hydroxylation is 2. The predicted molar refractivity (Wildman–Crippen MR) is 101 cm³/mol. The second kappa shape index (κ2) is 8.36. The quantitative estimate of drug-likeness (QED) is 0.626. The molecule has 1 aromatic heterocycles. The molecular weight excluding hydrogens is 374 g/mol. The summed E-state index contributed by atoms with van der Waals surface area (Å²) in [5, 5.41) is 18.8. The monoisotopic (exact) mass is 395 g/mol. The lowest BCUT2D eigenvalue weighted by Crippen LogP contribution is -2.49. The SMILES string of the molecule is COc1ccccc1C1CNCCN1C(=O)c1c([N+](=O)[O-])c(C)nn1C.Cl. The lowest BCUT2D eigenvalue weighted by Gasteiger charge is -2.36. The Morgan fingerprint density at radius 2 is 2.11 bits per heavy atom. The van der Waals surface area contributed by atoms with Crippen LogP contribution in [0.2, 0.25) is 0 Å². The van der Waals surface area contributed by atoms with Gasteiger partial charge in [0.05, 0.1) is 18.1 Å². The van der Waals surface area contributed by atoms with Crippen LogP contribution in [0.15, 0.2) is 24.3 Å². The second-order valence-corrected chi connectivity index (χ2v) is 6.12. The number of benzene rings is 1. The Morgan fingerprint density at radius 3 is 2.78 bits per heavy atom. The van der Waals surface area contributed by atoms with Crippen LogP contribution in [0.1, 0.15) is 27.8 Å². The molecule has 1 atom stereocenters. The lowest BCUT2D eigenvalue weighted by atomic mass is 10.0. The van der Waals surface area contributed by atoms with Gasteiger partial charge in [0.1, 0.15) is 11.4 Å². The van der Waals surface area contributed by atoms with E-state index in [0.717, 1.165) is 5.56 Å². The van der Waals surface area contributed by atoms with E-state index in [-0.39, 0.29) is 35.5 Å². The third kappa shape index (κ3) is 3.74. The number of para-hydroxylation sites is 1. The van der Waals surface area contributed by atoms with E-state index < -0.39 is 10.8 Å². The first-order valence-electron chi connectivity index (χ1n) is 8.28. The molecule has 2 aromatic rings. The van der Waals surface area contributed by atoms with Crippen molar-refractivity contribution in [3.05, 3.63) is 51.3 Å². The molecule has 3 rings (SSSR count). The number of aromatic nitrogens is 2. The molecule has 1 amide bonds. The van der Waals surface area contributed by atoms with Gasteiger partial charge in [-0.05, 0) is 13.0 Å². The second-order valence-electron chi connectivity index (χ2n) is 6.12. The molecule has 1 saturated heterocycles. The fourth-order valence-corrected chi connectivity index (χ4v) is 3.41. The number of nitrogens with one attached hydrogen (secondary N) is 1. The summed E-state index contributed by atoms with van der Waals surface area (Å²) < 4.78 is 6.72. The number of halogens is 1. The highest BCUT2D eigenvalue weighted by Crippen LogP contribution is 2.33. The maximum absolute atomic E-state index is 13.2. The van der Waals surface area contributed by atoms with E-state index in [2.05, 4.69) is 10.4 Å². The normalized spacial score (nSPS) is 16.6. The average molecular weight is 396 g/mol. The number of carbonyl (C=O) groups is 1. The van der Waals surface area contributed by atoms with Crippen molar-refractivity contribution in [3.8, 4) is 5.75 Å². The van der Waals surface area contributed by atoms with Crippen LogP contribution in [0.3, 0.4) is 0 Å². The molecule has 1 fully saturated rings. The molecule has 0 aliphatic carbocycles. The Labute approximate surface area is 162 Å². The smallest absolute Gasteiger partial charge is 0.322 e. The average Bonchev–Trinajstić information content (AvgIpc) is 2.95. The third-order valence-corrected chi connectivity index (χ3v) is 4.58. The number of rotatable bonds is 4. The lowest BCUT2D eigenvalue weighted by molar-refractivity contribution is -0.385. The van der Waals surface area contributed by atoms with Gasteiger partial charge in [0.25, 0.3) is 5.91 Å². The van der Waals surface area contributed by atoms with Gasteiger partial charge >= 0.3 is 5.69 Å². The number of carbonyl (C=O) groups excluding carboxylic acids is 1. The van der Waals surface area contributed by atoms with E-state index in [1.807, 2.05) is 24.3 Å². The van der Waals surface area contributed by atoms with Crippen molar-refractivity contribution in [3.63, 3.8) is 0 Å². The first kappa shape index (κ1) is 20.7. The Kier molecular flexibility index (Phi) is 6.40. The van der Waals surface area contributed by atoms with Gasteiger partial charge < -0.3 is 15.0 Å². The highest BCUT2D eigenvalue weighted by atomic mass is 35.5. The van der Waals surface area contributed by atoms with Gasteiger partial charge in [-0.15, -0.1) is 12.4 Å². The van der Waals surface area contributed by atoms with E-state index in [0.29, 0.717) is 25.4 Å². The van der Waals surface area contributed by atoms with E-state index in [4.69, 9.17) is 4.74 Å². The molecule has 1 aliphatic heterocycles. The van der Waals surface area contributed by atoms with Crippen LogP contribution in [-0.4, -0.2) is 52.3 Å². The van der Waals surface area contributed by atoms with Gasteiger partial charge in [0, 0.05) is 32.2 Å². The van der Waals surface area contributed by atoms with Crippen LogP contribution in [0.25, 0.3) is 0 Å². The number of methoxy groups -OCH3 is 1. The topological polar surface area (TPSA) is 103 Å². The highest BCUT2D eigenvalue weighted by molar-refractivity contribution is 5.97. The van der Waals surface area contributed by atoms with Gasteiger partial charge in [0.15, 0.2) is 0 Å². The van der Waals surface area contributed by atoms with Crippen molar-refractivity contribution in [1.29, 1.82) is 0 Å². The van der Waals surface area contributed by atoms with Crippen LogP contribution >= 0.6 is 12.4 Å². The summed E-state index contributed by atoms with van der Waals surface area (Å²) in [4.78, 5) is 25.8. The minimum absolute atomic E-state index is 0. The zero-order chi connectivity index (χ0) is 18.8. The Balaban J connectivity index is 0.00000261. The molecule has 1 unspecified atom stereocenters. The zero-order valence-electron chi connectivity index (χ0n) is 15.3. The van der Waals surface area contributed by atoms with Crippen LogP contribution in [0.4, 0.5) is 5.69 Å². The van der Waals surface area contributed by atoms with E-state index in [9.17, 15) is 14.9 Å². The minimum atomic E-state index is -0.546. The Hall–Kier alpha value is -2.65. The van der Waals surface area contributed by atoms with Gasteiger partial charge in [-0.2, -0.15) is 5.10 Å². The number of nitro groups is 1. The fraction of sp³-hybridized carbons (Fsp3) is 0.412. The van der Waals surface area contributed by atoms with E-state index in [1.165, 1.54) is 11.6 Å². The Morgan fingerprint density at radius 1 is 1.41 bits per heavy atom. The molecule has 1 aromatic carbocycles. The number of ether oxygens (including phenoxy) is 1. The number of hydrogen-bond donors (Lipinski definition) is 1. The van der Waals surface area contributed by atoms with E-state index in [1.54, 1.807) is 19.1 Å². The first-order chi connectivity index (χ1) is 12.5. The molecule has 0 radical (unpaired) electrons. The van der Waals surface area contributed by atoms with Crippen molar-refractivity contribution in [2.75, 3.05) is 26.7 Å². The van der Waals surface area contributed by atoms with Crippen LogP contribution in [-0.2, 0) is 7.05 Å². The zero-order valence-corrected chi connectivity index (χ0v) is 16.2. The predicted octanol–water partition coefficient (Wildman–Crippen LogP) is 1.85. The number of amides is 1. The summed E-state index contributed by atoms with van der Waals surface area (Å²) in [6.45, 7) is 3.12. The molecular formula is C17H22ClN5O4. The van der Waals surface area contributed by atoms with Crippen molar-refractivity contribution in [2.45, 2.75) is 13.0 Å². The summed E-state index contributed by atoms with van der Waals surface area (Å²) in [6, 6.07) is 7.19. The van der Waals surface area contributed by atoms with Crippen LogP contribution < -0.4 is 10.1 Å². The maximum Gasteiger partial charge on any atom is 0.322 e. The van der Waals surface area contributed by atoms with Gasteiger partial charge in [-0.3, -0.25) is 19.6 Å². The molecule has 2 heterocycles. The summed E-state index contributed by atoms with van der Waals surface area (Å²) in [7, 11) is 3.13. The van der Waals surface area contributed by atoms with Crippen LogP contribution in [0, 0.1) is 17.0 Å². The van der Waals surface area contributed by atoms with Gasteiger partial charge in [0.2, 0.25) is 5.69 Å². The summed E-state index contributed by atoms with van der Waals surface area (Å²) in [5.74, 6) is 0.270. The van der Waals surface area contributed by atoms with Gasteiger partial charge in [-0.1, -0.05) is 18.2 Å². The minimum Gasteiger partial charge on any atom is -0.496 e. The van der Waals surface area contributed by atoms with Gasteiger partial charge in [-0.25, -0.2) is 0 Å². The summed E-state index contributed by atoms with van der Waals surface area (Å²) in [6.07, 6.45) is 0. The molecule has 27 heavy (non-hydrogen) atoms. The van der Waals surface area contributed by atoms with Crippen molar-refractivity contribution >= 4 is 24.0 Å². The number of hydrogen-bond acceptors (Lipinski definition) is 6. The highest BCUT2D eigenvalue weighted by Gasteiger charge is 2.37. The van der Waals surface area contributed by atoms with Crippen molar-refractivity contribution in [2.24, 2.45) is 7.05 Å². The molecule has 9 nitrogen and oxygen atoms in total. The Bertz CT molecular complexity index is 854. The first-order valence-corrected chi connectivity index (χ1v) is 8.28. The summed E-state index contributed by atoms with van der Waals surface area (Å²) >= 11 is 0. The standard InChI is InChI=1S/C17H21N5O4.ClH/c1-11-15(22(24)25)16(20(2)19-11)17(23)21-9-8-18-10-13(21)12-6-4-5-7-14(12)26-3;/h4-7,13,18H,8-10H2,1-3H3;1H. The molecule has 1 N–H and O–H groups in total. The molecule has 146 valence electrons. The van der Waals surface area contributed by atoms with E-state index >= 15 is 0 Å². The molecule has 10 heteroatoms. The summed E-state index contributed by atoms with van der Waals surface area (Å²) in [5.41, 5.74) is 0.839. The third-order valence-electron chi connectivity index (χ3n) is 4.58. The van der Waals surface area contributed by atoms with Crippen molar-refractivity contribution in [1.82, 2.24) is 20.0 Å². The van der Waals surface area contributed by atoms with Crippen molar-refractivity contribution < 1.29 is 14.5 Å².